The fraction of sp³-hybridized carbons (Fsp3) is 0.906. The normalized spacial score (nSPS) is 12.0. The Bertz CT molecular complexity index is 806. The second kappa shape index (κ2) is 28.7. The molecule has 0 saturated heterocycles. The average Bonchev–Trinajstić information content (AvgIpc) is 3.43. The Balaban J connectivity index is 1.68. The maximum atomic E-state index is 12.2. The molecule has 0 aliphatic carbocycles. The molecule has 1 N–H and O–H groups in total. The SMILES string of the molecule is CCCCCCCCCCOCCOCCOCCOCCCCCCCCCCCCNS(=O)(=O)c1ccnn1C. The zero-order valence-electron chi connectivity index (χ0n) is 27.0. The van der Waals surface area contributed by atoms with E-state index in [1.165, 1.54) is 100 Å². The largest absolute Gasteiger partial charge is 0.379 e. The van der Waals surface area contributed by atoms with Crippen molar-refractivity contribution in [2.24, 2.45) is 7.05 Å². The van der Waals surface area contributed by atoms with E-state index < -0.39 is 10.0 Å². The summed E-state index contributed by atoms with van der Waals surface area (Å²) in [6.45, 7) is 8.17. The number of ether oxygens (including phenoxy) is 4. The second-order valence-corrected chi connectivity index (χ2v) is 12.9. The first-order valence-electron chi connectivity index (χ1n) is 16.9. The van der Waals surface area contributed by atoms with Crippen LogP contribution in [-0.4, -0.2) is 77.6 Å². The van der Waals surface area contributed by atoms with Gasteiger partial charge in [0.1, 0.15) is 0 Å². The van der Waals surface area contributed by atoms with Crippen LogP contribution in [0.2, 0.25) is 0 Å². The van der Waals surface area contributed by atoms with Crippen LogP contribution in [-0.2, 0) is 36.0 Å². The summed E-state index contributed by atoms with van der Waals surface area (Å²) in [4.78, 5) is 0. The fourth-order valence-electron chi connectivity index (χ4n) is 4.75. The van der Waals surface area contributed by atoms with Crippen LogP contribution >= 0.6 is 0 Å². The van der Waals surface area contributed by atoms with Crippen molar-refractivity contribution in [2.75, 3.05) is 59.4 Å². The van der Waals surface area contributed by atoms with Crippen LogP contribution < -0.4 is 4.72 Å². The Hall–Kier alpha value is -1.04. The predicted molar refractivity (Wildman–Crippen MR) is 170 cm³/mol. The Kier molecular flexibility index (Phi) is 26.7. The van der Waals surface area contributed by atoms with Gasteiger partial charge in [-0.2, -0.15) is 5.10 Å². The van der Waals surface area contributed by atoms with Crippen molar-refractivity contribution in [3.63, 3.8) is 0 Å². The molecule has 1 aromatic heterocycles. The summed E-state index contributed by atoms with van der Waals surface area (Å²) in [5.74, 6) is 0. The number of unbranched alkanes of at least 4 members (excludes halogenated alkanes) is 16. The van der Waals surface area contributed by atoms with Crippen molar-refractivity contribution in [2.45, 2.75) is 128 Å². The molecule has 0 saturated carbocycles. The van der Waals surface area contributed by atoms with Crippen LogP contribution in [0.15, 0.2) is 17.3 Å². The third-order valence-electron chi connectivity index (χ3n) is 7.32. The fourth-order valence-corrected chi connectivity index (χ4v) is 5.94. The van der Waals surface area contributed by atoms with Gasteiger partial charge in [-0.05, 0) is 25.3 Å². The van der Waals surface area contributed by atoms with Gasteiger partial charge in [0.15, 0.2) is 5.03 Å². The Morgan fingerprint density at radius 1 is 0.595 bits per heavy atom. The molecule has 1 aromatic rings. The topological polar surface area (TPSA) is 101 Å². The average molecular weight is 618 g/mol. The summed E-state index contributed by atoms with van der Waals surface area (Å²) in [5.41, 5.74) is 0. The number of rotatable bonds is 33. The molecule has 0 atom stereocenters. The Morgan fingerprint density at radius 3 is 1.38 bits per heavy atom. The van der Waals surface area contributed by atoms with E-state index >= 15 is 0 Å². The molecule has 0 aliphatic rings. The lowest BCUT2D eigenvalue weighted by atomic mass is 10.1. The van der Waals surface area contributed by atoms with Crippen LogP contribution in [0.4, 0.5) is 0 Å². The van der Waals surface area contributed by atoms with Gasteiger partial charge < -0.3 is 18.9 Å². The highest BCUT2D eigenvalue weighted by atomic mass is 32.2. The number of aryl methyl sites for hydroxylation is 1. The number of sulfonamides is 1. The molecule has 248 valence electrons. The van der Waals surface area contributed by atoms with Crippen molar-refractivity contribution in [1.82, 2.24) is 14.5 Å². The predicted octanol–water partition coefficient (Wildman–Crippen LogP) is 6.81. The smallest absolute Gasteiger partial charge is 0.257 e. The van der Waals surface area contributed by atoms with Crippen molar-refractivity contribution in [3.8, 4) is 0 Å². The van der Waals surface area contributed by atoms with Gasteiger partial charge in [-0.15, -0.1) is 0 Å². The van der Waals surface area contributed by atoms with Gasteiger partial charge in [0.25, 0.3) is 10.0 Å². The highest BCUT2D eigenvalue weighted by Gasteiger charge is 2.16. The molecule has 0 amide bonds. The summed E-state index contributed by atoms with van der Waals surface area (Å²) < 4.78 is 50.8. The number of hydrogen-bond donors (Lipinski definition) is 1. The van der Waals surface area contributed by atoms with Crippen LogP contribution in [0.3, 0.4) is 0 Å². The van der Waals surface area contributed by atoms with Crippen LogP contribution in [0.25, 0.3) is 0 Å². The third kappa shape index (κ3) is 23.4. The van der Waals surface area contributed by atoms with Gasteiger partial charge in [-0.25, -0.2) is 13.1 Å². The van der Waals surface area contributed by atoms with E-state index in [-0.39, 0.29) is 5.03 Å². The zero-order chi connectivity index (χ0) is 30.4. The van der Waals surface area contributed by atoms with Crippen molar-refractivity contribution in [1.29, 1.82) is 0 Å². The molecule has 42 heavy (non-hydrogen) atoms. The number of hydrogen-bond acceptors (Lipinski definition) is 7. The number of aromatic nitrogens is 2. The second-order valence-electron chi connectivity index (χ2n) is 11.2. The van der Waals surface area contributed by atoms with Crippen LogP contribution in [0, 0.1) is 0 Å². The number of nitrogens with one attached hydrogen (secondary N) is 1. The summed E-state index contributed by atoms with van der Waals surface area (Å²) >= 11 is 0. The first kappa shape index (κ1) is 39.0. The van der Waals surface area contributed by atoms with Gasteiger partial charge in [0.2, 0.25) is 0 Å². The molecule has 1 rings (SSSR count). The molecule has 0 bridgehead atoms. The van der Waals surface area contributed by atoms with E-state index in [1.54, 1.807) is 7.05 Å². The number of nitrogens with zero attached hydrogens (tertiary/aromatic N) is 2. The quantitative estimate of drug-likeness (QED) is 0.0865. The lowest BCUT2D eigenvalue weighted by molar-refractivity contribution is -0.00248. The summed E-state index contributed by atoms with van der Waals surface area (Å²) in [5, 5.41) is 4.12. The minimum atomic E-state index is -3.45. The zero-order valence-corrected chi connectivity index (χ0v) is 27.8. The first-order valence-corrected chi connectivity index (χ1v) is 18.3. The van der Waals surface area contributed by atoms with E-state index in [1.807, 2.05) is 0 Å². The molecular formula is C32H63N3O6S. The standard InChI is InChI=1S/C32H63N3O6S/c1-3-4-5-6-7-13-16-19-24-38-26-28-40-30-31-41-29-27-39-25-20-17-14-11-9-8-10-12-15-18-22-34-42(36,37)32-21-23-33-35(32)2/h21,23,34H,3-20,22,24-31H2,1-2H3. The van der Waals surface area contributed by atoms with Gasteiger partial charge in [0, 0.05) is 26.8 Å². The van der Waals surface area contributed by atoms with Gasteiger partial charge in [-0.1, -0.05) is 103 Å². The van der Waals surface area contributed by atoms with Crippen molar-refractivity contribution >= 4 is 10.0 Å². The molecule has 10 heteroatoms. The molecular weight excluding hydrogens is 554 g/mol. The molecule has 0 aliphatic heterocycles. The van der Waals surface area contributed by atoms with Crippen molar-refractivity contribution in [3.05, 3.63) is 12.3 Å². The highest BCUT2D eigenvalue weighted by molar-refractivity contribution is 7.89. The lowest BCUT2D eigenvalue weighted by Gasteiger charge is -2.08. The van der Waals surface area contributed by atoms with E-state index in [0.29, 0.717) is 46.2 Å². The molecule has 1 heterocycles. The van der Waals surface area contributed by atoms with Gasteiger partial charge >= 0.3 is 0 Å². The maximum absolute atomic E-state index is 12.2. The Labute approximate surface area is 257 Å². The summed E-state index contributed by atoms with van der Waals surface area (Å²) in [6.07, 6.45) is 23.8. The van der Waals surface area contributed by atoms with Gasteiger partial charge in [0.05, 0.1) is 45.8 Å². The molecule has 0 fully saturated rings. The summed E-state index contributed by atoms with van der Waals surface area (Å²) in [7, 11) is -1.82. The molecule has 9 nitrogen and oxygen atoms in total. The monoisotopic (exact) mass is 617 g/mol. The minimum absolute atomic E-state index is 0.209. The molecule has 0 unspecified atom stereocenters. The van der Waals surface area contributed by atoms with Crippen molar-refractivity contribution < 1.29 is 27.4 Å². The van der Waals surface area contributed by atoms with E-state index in [9.17, 15) is 8.42 Å². The van der Waals surface area contributed by atoms with E-state index in [2.05, 4.69) is 16.7 Å². The lowest BCUT2D eigenvalue weighted by Crippen LogP contribution is -2.26. The van der Waals surface area contributed by atoms with E-state index in [4.69, 9.17) is 18.9 Å². The highest BCUT2D eigenvalue weighted by Crippen LogP contribution is 2.12. The first-order chi connectivity index (χ1) is 20.6. The van der Waals surface area contributed by atoms with Crippen LogP contribution in [0.1, 0.15) is 122 Å². The van der Waals surface area contributed by atoms with Gasteiger partial charge in [-0.3, -0.25) is 4.68 Å². The van der Waals surface area contributed by atoms with E-state index in [0.717, 1.165) is 45.3 Å². The summed E-state index contributed by atoms with van der Waals surface area (Å²) in [6, 6.07) is 1.51. The third-order valence-corrected chi connectivity index (χ3v) is 8.85. The molecule has 0 spiro atoms. The maximum Gasteiger partial charge on any atom is 0.257 e. The van der Waals surface area contributed by atoms with Crippen LogP contribution in [0.5, 0.6) is 0 Å². The molecule has 0 radical (unpaired) electrons. The Morgan fingerprint density at radius 2 is 0.976 bits per heavy atom. The minimum Gasteiger partial charge on any atom is -0.379 e. The molecule has 0 aromatic carbocycles.